The summed E-state index contributed by atoms with van der Waals surface area (Å²) in [5.41, 5.74) is 3.31. The number of rotatable bonds is 3. The fourth-order valence-electron chi connectivity index (χ4n) is 2.61. The van der Waals surface area contributed by atoms with Crippen LogP contribution in [0.25, 0.3) is 0 Å². The number of halogens is 1. The second-order valence-corrected chi connectivity index (χ2v) is 5.43. The Balaban J connectivity index is 2.38. The highest BCUT2D eigenvalue weighted by atomic mass is 35.5. The SMILES string of the molecule is Cc1cc(Cl)cc2c1N(CCC(=O)O)CCCN2C. The van der Waals surface area contributed by atoms with Crippen LogP contribution in [0.4, 0.5) is 11.4 Å². The lowest BCUT2D eigenvalue weighted by atomic mass is 10.1. The van der Waals surface area contributed by atoms with Crippen molar-refractivity contribution in [1.82, 2.24) is 0 Å². The van der Waals surface area contributed by atoms with Crippen LogP contribution in [0.15, 0.2) is 12.1 Å². The molecule has 104 valence electrons. The van der Waals surface area contributed by atoms with E-state index in [4.69, 9.17) is 16.7 Å². The first-order valence-corrected chi connectivity index (χ1v) is 6.85. The zero-order valence-electron chi connectivity index (χ0n) is 11.3. The van der Waals surface area contributed by atoms with Gasteiger partial charge >= 0.3 is 5.97 Å². The molecule has 0 amide bonds. The fourth-order valence-corrected chi connectivity index (χ4v) is 2.87. The van der Waals surface area contributed by atoms with Crippen molar-refractivity contribution >= 4 is 28.9 Å². The van der Waals surface area contributed by atoms with Gasteiger partial charge in [0.05, 0.1) is 17.8 Å². The van der Waals surface area contributed by atoms with Gasteiger partial charge in [0.2, 0.25) is 0 Å². The number of aliphatic carboxylic acids is 1. The van der Waals surface area contributed by atoms with Crippen molar-refractivity contribution in [2.75, 3.05) is 36.5 Å². The van der Waals surface area contributed by atoms with Crippen LogP contribution in [-0.2, 0) is 4.79 Å². The minimum Gasteiger partial charge on any atom is -0.481 e. The maximum absolute atomic E-state index is 10.8. The Morgan fingerprint density at radius 2 is 2.16 bits per heavy atom. The summed E-state index contributed by atoms with van der Waals surface area (Å²) in [6.45, 7) is 4.40. The molecule has 1 aromatic carbocycles. The molecule has 0 radical (unpaired) electrons. The Morgan fingerprint density at radius 1 is 1.42 bits per heavy atom. The van der Waals surface area contributed by atoms with Crippen LogP contribution in [0.2, 0.25) is 5.02 Å². The van der Waals surface area contributed by atoms with Crippen LogP contribution < -0.4 is 9.80 Å². The minimum absolute atomic E-state index is 0.158. The molecule has 0 fully saturated rings. The molecule has 1 aromatic rings. The molecule has 0 saturated heterocycles. The number of carbonyl (C=O) groups is 1. The highest BCUT2D eigenvalue weighted by Crippen LogP contribution is 2.37. The molecule has 1 aliphatic heterocycles. The molecular formula is C14H19ClN2O2. The molecule has 0 spiro atoms. The Bertz CT molecular complexity index is 491. The number of nitrogens with zero attached hydrogens (tertiary/aromatic N) is 2. The Labute approximate surface area is 118 Å². The van der Waals surface area contributed by atoms with Crippen LogP contribution in [0.3, 0.4) is 0 Å². The summed E-state index contributed by atoms with van der Waals surface area (Å²) in [7, 11) is 2.05. The first-order valence-electron chi connectivity index (χ1n) is 6.47. The van der Waals surface area contributed by atoms with E-state index in [1.54, 1.807) is 0 Å². The Morgan fingerprint density at radius 3 is 2.84 bits per heavy atom. The predicted octanol–water partition coefficient (Wildman–Crippen LogP) is 2.77. The number of fused-ring (bicyclic) bond motifs is 1. The van der Waals surface area contributed by atoms with Gasteiger partial charge in [-0.25, -0.2) is 0 Å². The van der Waals surface area contributed by atoms with Gasteiger partial charge in [-0.1, -0.05) is 11.6 Å². The summed E-state index contributed by atoms with van der Waals surface area (Å²) in [6.07, 6.45) is 1.17. The number of hydrogen-bond donors (Lipinski definition) is 1. The molecule has 4 nitrogen and oxygen atoms in total. The quantitative estimate of drug-likeness (QED) is 0.926. The molecule has 0 aromatic heterocycles. The third-order valence-electron chi connectivity index (χ3n) is 3.49. The van der Waals surface area contributed by atoms with Crippen LogP contribution in [-0.4, -0.2) is 37.8 Å². The van der Waals surface area contributed by atoms with E-state index in [-0.39, 0.29) is 6.42 Å². The van der Waals surface area contributed by atoms with Crippen molar-refractivity contribution < 1.29 is 9.90 Å². The third kappa shape index (κ3) is 3.13. The molecule has 19 heavy (non-hydrogen) atoms. The average molecular weight is 283 g/mol. The first-order chi connectivity index (χ1) is 8.99. The maximum atomic E-state index is 10.8. The van der Waals surface area contributed by atoms with Gasteiger partial charge in [-0.3, -0.25) is 4.79 Å². The van der Waals surface area contributed by atoms with Crippen molar-refractivity contribution in [2.45, 2.75) is 19.8 Å². The van der Waals surface area contributed by atoms with Crippen molar-refractivity contribution in [1.29, 1.82) is 0 Å². The number of carboxylic acids is 1. The van der Waals surface area contributed by atoms with E-state index in [0.29, 0.717) is 6.54 Å². The molecule has 1 N–H and O–H groups in total. The zero-order chi connectivity index (χ0) is 14.0. The van der Waals surface area contributed by atoms with Crippen LogP contribution in [0.5, 0.6) is 0 Å². The minimum atomic E-state index is -0.759. The number of benzene rings is 1. The lowest BCUT2D eigenvalue weighted by molar-refractivity contribution is -0.136. The van der Waals surface area contributed by atoms with Gasteiger partial charge in [-0.2, -0.15) is 0 Å². The van der Waals surface area contributed by atoms with Gasteiger partial charge in [0.25, 0.3) is 0 Å². The Kier molecular flexibility index (Phi) is 4.20. The average Bonchev–Trinajstić information content (AvgIpc) is 2.47. The van der Waals surface area contributed by atoms with Crippen LogP contribution >= 0.6 is 11.6 Å². The molecular weight excluding hydrogens is 264 g/mol. The molecule has 1 heterocycles. The topological polar surface area (TPSA) is 43.8 Å². The summed E-state index contributed by atoms with van der Waals surface area (Å²) in [6, 6.07) is 3.90. The molecule has 0 saturated carbocycles. The van der Waals surface area contributed by atoms with Gasteiger partial charge in [-0.05, 0) is 31.0 Å². The highest BCUT2D eigenvalue weighted by molar-refractivity contribution is 6.31. The van der Waals surface area contributed by atoms with E-state index in [9.17, 15) is 4.79 Å². The number of hydrogen-bond acceptors (Lipinski definition) is 3. The fraction of sp³-hybridized carbons (Fsp3) is 0.500. The highest BCUT2D eigenvalue weighted by Gasteiger charge is 2.21. The van der Waals surface area contributed by atoms with E-state index in [1.165, 1.54) is 0 Å². The number of carboxylic acid groups (broad SMARTS) is 1. The molecule has 2 rings (SSSR count). The molecule has 0 aliphatic carbocycles. The van der Waals surface area contributed by atoms with Crippen molar-refractivity contribution in [3.8, 4) is 0 Å². The monoisotopic (exact) mass is 282 g/mol. The van der Waals surface area contributed by atoms with E-state index < -0.39 is 5.97 Å². The van der Waals surface area contributed by atoms with Crippen molar-refractivity contribution in [3.63, 3.8) is 0 Å². The Hall–Kier alpha value is -1.42. The molecule has 0 atom stereocenters. The van der Waals surface area contributed by atoms with Gasteiger partial charge < -0.3 is 14.9 Å². The summed E-state index contributed by atoms with van der Waals surface area (Å²) in [5.74, 6) is -0.759. The van der Waals surface area contributed by atoms with Gasteiger partial charge in [-0.15, -0.1) is 0 Å². The van der Waals surface area contributed by atoms with E-state index in [0.717, 1.165) is 41.5 Å². The maximum Gasteiger partial charge on any atom is 0.305 e. The second kappa shape index (κ2) is 5.70. The summed E-state index contributed by atoms with van der Waals surface area (Å²) < 4.78 is 0. The zero-order valence-corrected chi connectivity index (χ0v) is 12.1. The summed E-state index contributed by atoms with van der Waals surface area (Å²) in [4.78, 5) is 15.1. The third-order valence-corrected chi connectivity index (χ3v) is 3.71. The second-order valence-electron chi connectivity index (χ2n) is 5.00. The molecule has 0 bridgehead atoms. The molecule has 1 aliphatic rings. The smallest absolute Gasteiger partial charge is 0.305 e. The molecule has 5 heteroatoms. The predicted molar refractivity (Wildman–Crippen MR) is 78.5 cm³/mol. The first kappa shape index (κ1) is 14.0. The van der Waals surface area contributed by atoms with Crippen molar-refractivity contribution in [2.24, 2.45) is 0 Å². The van der Waals surface area contributed by atoms with Crippen LogP contribution in [0, 0.1) is 6.92 Å². The van der Waals surface area contributed by atoms with Gasteiger partial charge in [0, 0.05) is 31.7 Å². The van der Waals surface area contributed by atoms with E-state index >= 15 is 0 Å². The summed E-state index contributed by atoms with van der Waals surface area (Å²) >= 11 is 6.14. The van der Waals surface area contributed by atoms with E-state index in [1.807, 2.05) is 19.1 Å². The van der Waals surface area contributed by atoms with E-state index in [2.05, 4.69) is 16.8 Å². The number of aryl methyl sites for hydroxylation is 1. The van der Waals surface area contributed by atoms with Crippen molar-refractivity contribution in [3.05, 3.63) is 22.7 Å². The normalized spacial score (nSPS) is 15.1. The summed E-state index contributed by atoms with van der Waals surface area (Å²) in [5, 5.41) is 9.59. The standard InChI is InChI=1S/C14H19ClN2O2/c1-10-8-11(15)9-12-14(10)17(7-4-13(18)19)6-3-5-16(12)2/h8-9H,3-7H2,1-2H3,(H,18,19). The number of anilines is 2. The van der Waals surface area contributed by atoms with Crippen LogP contribution in [0.1, 0.15) is 18.4 Å². The molecule has 0 unspecified atom stereocenters. The lowest BCUT2D eigenvalue weighted by Crippen LogP contribution is -2.27. The van der Waals surface area contributed by atoms with Gasteiger partial charge in [0.15, 0.2) is 0 Å². The van der Waals surface area contributed by atoms with Gasteiger partial charge in [0.1, 0.15) is 0 Å². The largest absolute Gasteiger partial charge is 0.481 e. The lowest BCUT2D eigenvalue weighted by Gasteiger charge is -2.27.